The topological polar surface area (TPSA) is 72.4 Å². The molecule has 7 heteroatoms. The normalized spacial score (nSPS) is 10.7. The van der Waals surface area contributed by atoms with Gasteiger partial charge in [-0.3, -0.25) is 0 Å². The number of nitrogen functional groups attached to an aromatic ring is 1. The van der Waals surface area contributed by atoms with Crippen molar-refractivity contribution in [1.29, 1.82) is 0 Å². The SMILES string of the molecule is C[n+]1ccc(Cn2ncc(N=Nc3ccccc3)c2N)cc1.[Cl-]. The fraction of sp³-hybridized carbons (Fsp3) is 0.125. The van der Waals surface area contributed by atoms with Crippen molar-refractivity contribution in [2.24, 2.45) is 17.3 Å². The molecule has 1 aromatic carbocycles. The highest BCUT2D eigenvalue weighted by Crippen LogP contribution is 2.24. The molecule has 0 unspecified atom stereocenters. The van der Waals surface area contributed by atoms with Gasteiger partial charge in [0.25, 0.3) is 0 Å². The summed E-state index contributed by atoms with van der Waals surface area (Å²) in [6.45, 7) is 0.605. The second-order valence-electron chi connectivity index (χ2n) is 4.98. The number of rotatable bonds is 4. The van der Waals surface area contributed by atoms with Crippen LogP contribution in [0.25, 0.3) is 0 Å². The van der Waals surface area contributed by atoms with Crippen LogP contribution >= 0.6 is 0 Å². The van der Waals surface area contributed by atoms with Crippen molar-refractivity contribution in [2.75, 3.05) is 5.73 Å². The average Bonchev–Trinajstić information content (AvgIpc) is 2.89. The minimum atomic E-state index is 0. The molecule has 0 radical (unpaired) electrons. The summed E-state index contributed by atoms with van der Waals surface area (Å²) in [5.74, 6) is 0.507. The molecule has 0 fully saturated rings. The third-order valence-corrected chi connectivity index (χ3v) is 3.27. The molecule has 6 nitrogen and oxygen atoms in total. The number of hydrogen-bond donors (Lipinski definition) is 1. The number of nitrogens with zero attached hydrogens (tertiary/aromatic N) is 5. The summed E-state index contributed by atoms with van der Waals surface area (Å²) in [5.41, 5.74) is 8.57. The Bertz CT molecular complexity index is 780. The lowest BCUT2D eigenvalue weighted by Crippen LogP contribution is -3.00. The molecular weight excluding hydrogens is 312 g/mol. The van der Waals surface area contributed by atoms with Gasteiger partial charge in [-0.05, 0) is 17.7 Å². The second-order valence-corrected chi connectivity index (χ2v) is 4.98. The molecule has 0 saturated carbocycles. The van der Waals surface area contributed by atoms with E-state index in [0.29, 0.717) is 18.1 Å². The number of azo groups is 1. The van der Waals surface area contributed by atoms with Crippen molar-refractivity contribution < 1.29 is 17.0 Å². The van der Waals surface area contributed by atoms with E-state index in [0.717, 1.165) is 11.3 Å². The molecule has 2 N–H and O–H groups in total. The zero-order valence-electron chi connectivity index (χ0n) is 12.7. The lowest BCUT2D eigenvalue weighted by Gasteiger charge is -2.03. The quantitative estimate of drug-likeness (QED) is 0.530. The highest BCUT2D eigenvalue weighted by molar-refractivity contribution is 5.56. The van der Waals surface area contributed by atoms with Crippen LogP contribution in [-0.2, 0) is 13.6 Å². The first-order valence-electron chi connectivity index (χ1n) is 6.94. The summed E-state index contributed by atoms with van der Waals surface area (Å²) >= 11 is 0. The van der Waals surface area contributed by atoms with E-state index < -0.39 is 0 Å². The second kappa shape index (κ2) is 7.51. The Balaban J connectivity index is 0.00000192. The highest BCUT2D eigenvalue weighted by Gasteiger charge is 2.08. The maximum atomic E-state index is 6.09. The summed E-state index contributed by atoms with van der Waals surface area (Å²) in [7, 11) is 1.98. The van der Waals surface area contributed by atoms with E-state index in [-0.39, 0.29) is 12.4 Å². The Morgan fingerprint density at radius 2 is 1.78 bits per heavy atom. The molecule has 0 spiro atoms. The van der Waals surface area contributed by atoms with Gasteiger partial charge in [-0.25, -0.2) is 9.25 Å². The molecular formula is C16H17ClN6. The number of anilines is 1. The molecule has 0 amide bonds. The van der Waals surface area contributed by atoms with Gasteiger partial charge < -0.3 is 18.1 Å². The maximum Gasteiger partial charge on any atom is 0.168 e. The van der Waals surface area contributed by atoms with E-state index in [1.165, 1.54) is 0 Å². The van der Waals surface area contributed by atoms with Gasteiger partial charge in [0.1, 0.15) is 18.6 Å². The van der Waals surface area contributed by atoms with Crippen molar-refractivity contribution in [3.05, 3.63) is 66.6 Å². The van der Waals surface area contributed by atoms with Crippen LogP contribution in [0, 0.1) is 0 Å². The molecule has 0 aliphatic heterocycles. The minimum Gasteiger partial charge on any atom is -1.00 e. The minimum absolute atomic E-state index is 0. The highest BCUT2D eigenvalue weighted by atomic mass is 35.5. The van der Waals surface area contributed by atoms with Crippen LogP contribution < -0.4 is 22.7 Å². The van der Waals surface area contributed by atoms with Crippen molar-refractivity contribution in [1.82, 2.24) is 9.78 Å². The van der Waals surface area contributed by atoms with Crippen molar-refractivity contribution in [3.8, 4) is 0 Å². The number of hydrogen-bond acceptors (Lipinski definition) is 4. The molecule has 118 valence electrons. The van der Waals surface area contributed by atoms with Gasteiger partial charge >= 0.3 is 0 Å². The Morgan fingerprint density at radius 3 is 2.48 bits per heavy atom. The van der Waals surface area contributed by atoms with E-state index >= 15 is 0 Å². The van der Waals surface area contributed by atoms with Crippen LogP contribution in [-0.4, -0.2) is 9.78 Å². The first-order valence-corrected chi connectivity index (χ1v) is 6.94. The summed E-state index contributed by atoms with van der Waals surface area (Å²) < 4.78 is 3.70. The van der Waals surface area contributed by atoms with Gasteiger partial charge in [0.15, 0.2) is 12.4 Å². The first-order chi connectivity index (χ1) is 10.7. The van der Waals surface area contributed by atoms with Gasteiger partial charge in [-0.2, -0.15) is 10.2 Å². The summed E-state index contributed by atoms with van der Waals surface area (Å²) in [4.78, 5) is 0. The van der Waals surface area contributed by atoms with E-state index in [1.54, 1.807) is 10.9 Å². The van der Waals surface area contributed by atoms with Crippen LogP contribution in [0.4, 0.5) is 17.2 Å². The molecule has 0 aliphatic carbocycles. The van der Waals surface area contributed by atoms with E-state index in [2.05, 4.69) is 15.3 Å². The van der Waals surface area contributed by atoms with Gasteiger partial charge in [-0.15, -0.1) is 5.11 Å². The zero-order chi connectivity index (χ0) is 15.4. The summed E-state index contributed by atoms with van der Waals surface area (Å²) in [6.07, 6.45) is 5.61. The average molecular weight is 329 g/mol. The third kappa shape index (κ3) is 4.14. The van der Waals surface area contributed by atoms with E-state index in [1.807, 2.05) is 66.5 Å². The number of benzene rings is 1. The fourth-order valence-corrected chi connectivity index (χ4v) is 2.00. The van der Waals surface area contributed by atoms with Crippen molar-refractivity contribution >= 4 is 17.2 Å². The third-order valence-electron chi connectivity index (χ3n) is 3.27. The number of aromatic nitrogens is 3. The van der Waals surface area contributed by atoms with E-state index in [4.69, 9.17) is 5.73 Å². The fourth-order valence-electron chi connectivity index (χ4n) is 2.00. The van der Waals surface area contributed by atoms with Crippen molar-refractivity contribution in [2.45, 2.75) is 6.54 Å². The van der Waals surface area contributed by atoms with Crippen LogP contribution in [0.15, 0.2) is 71.3 Å². The molecule has 2 aromatic heterocycles. The molecule has 2 heterocycles. The molecule has 0 bridgehead atoms. The van der Waals surface area contributed by atoms with E-state index in [9.17, 15) is 0 Å². The standard InChI is InChI=1S/C16H17N6.ClH/c1-21-9-7-13(8-10-21)12-22-16(17)15(11-18-22)20-19-14-5-3-2-4-6-14;/h2-11H,12,17H2,1H3;1H/q+1;/p-1. The first kappa shape index (κ1) is 16.6. The molecule has 0 aliphatic rings. The largest absolute Gasteiger partial charge is 1.00 e. The van der Waals surface area contributed by atoms with Gasteiger partial charge in [-0.1, -0.05) is 18.2 Å². The smallest absolute Gasteiger partial charge is 0.168 e. The summed E-state index contributed by atoms with van der Waals surface area (Å²) in [5, 5.41) is 12.6. The van der Waals surface area contributed by atoms with Crippen LogP contribution in [0.1, 0.15) is 5.56 Å². The lowest BCUT2D eigenvalue weighted by molar-refractivity contribution is -0.671. The maximum absolute atomic E-state index is 6.09. The molecule has 3 aromatic rings. The Morgan fingerprint density at radius 1 is 1.09 bits per heavy atom. The molecule has 0 atom stereocenters. The Hall–Kier alpha value is -2.73. The summed E-state index contributed by atoms with van der Waals surface area (Å²) in [6, 6.07) is 13.6. The number of nitrogens with two attached hydrogens (primary N) is 1. The van der Waals surface area contributed by atoms with Crippen LogP contribution in [0.2, 0.25) is 0 Å². The lowest BCUT2D eigenvalue weighted by atomic mass is 10.3. The molecule has 3 rings (SSSR count). The number of pyridine rings is 1. The monoisotopic (exact) mass is 328 g/mol. The number of halogens is 1. The van der Waals surface area contributed by atoms with Crippen molar-refractivity contribution in [3.63, 3.8) is 0 Å². The molecule has 0 saturated heterocycles. The predicted molar refractivity (Wildman–Crippen MR) is 84.0 cm³/mol. The number of aryl methyl sites for hydroxylation is 1. The van der Waals surface area contributed by atoms with Gasteiger partial charge in [0, 0.05) is 12.1 Å². The van der Waals surface area contributed by atoms with Crippen LogP contribution in [0.5, 0.6) is 0 Å². The Labute approximate surface area is 140 Å². The van der Waals surface area contributed by atoms with Crippen LogP contribution in [0.3, 0.4) is 0 Å². The zero-order valence-corrected chi connectivity index (χ0v) is 13.4. The predicted octanol–water partition coefficient (Wildman–Crippen LogP) is -0.242. The Kier molecular flexibility index (Phi) is 5.43. The van der Waals surface area contributed by atoms with Gasteiger partial charge in [0.2, 0.25) is 0 Å². The molecule has 23 heavy (non-hydrogen) atoms. The van der Waals surface area contributed by atoms with Gasteiger partial charge in [0.05, 0.1) is 18.4 Å².